The molecular formula is C18H27N5O6. The molecule has 2 saturated heterocycles. The van der Waals surface area contributed by atoms with E-state index in [2.05, 4.69) is 15.5 Å². The molecule has 0 aromatic carbocycles. The van der Waals surface area contributed by atoms with Gasteiger partial charge in [-0.2, -0.15) is 0 Å². The van der Waals surface area contributed by atoms with Gasteiger partial charge in [0.2, 0.25) is 18.2 Å². The van der Waals surface area contributed by atoms with Crippen LogP contribution in [0.15, 0.2) is 10.8 Å². The maximum Gasteiger partial charge on any atom is 0.408 e. The highest BCUT2D eigenvalue weighted by Crippen LogP contribution is 2.40. The van der Waals surface area contributed by atoms with Gasteiger partial charge >= 0.3 is 6.09 Å². The number of carbonyl (C=O) groups is 3. The molecule has 1 aromatic heterocycles. The minimum atomic E-state index is -1.21. The summed E-state index contributed by atoms with van der Waals surface area (Å²) in [5, 5.41) is 19.9. The minimum Gasteiger partial charge on any atom is -0.444 e. The van der Waals surface area contributed by atoms with Crippen molar-refractivity contribution >= 4 is 17.9 Å². The Morgan fingerprint density at radius 2 is 2.17 bits per heavy atom. The molecule has 29 heavy (non-hydrogen) atoms. The number of nitrogens with zero attached hydrogens (tertiary/aromatic N) is 4. The SMILES string of the molecule is C[C@@H](O)[C@H](NC(=O)OC(C)(C)C)C(=O)N1CCCC12CN(Cc1nnco1)C2=O. The zero-order chi connectivity index (χ0) is 21.4. The molecule has 3 atom stereocenters. The second kappa shape index (κ2) is 7.62. The van der Waals surface area contributed by atoms with Crippen LogP contribution in [0.4, 0.5) is 4.79 Å². The third-order valence-corrected chi connectivity index (χ3v) is 5.04. The molecule has 2 fully saturated rings. The Morgan fingerprint density at radius 3 is 2.72 bits per heavy atom. The maximum absolute atomic E-state index is 13.1. The van der Waals surface area contributed by atoms with Crippen molar-refractivity contribution < 1.29 is 28.6 Å². The van der Waals surface area contributed by atoms with Gasteiger partial charge in [-0.15, -0.1) is 10.2 Å². The molecule has 160 valence electrons. The highest BCUT2D eigenvalue weighted by molar-refractivity contribution is 5.99. The number of carbonyl (C=O) groups excluding carboxylic acids is 3. The number of alkyl carbamates (subject to hydrolysis) is 1. The number of likely N-dealkylation sites (tertiary alicyclic amines) is 2. The second-order valence-electron chi connectivity index (χ2n) is 8.48. The summed E-state index contributed by atoms with van der Waals surface area (Å²) < 4.78 is 10.3. The molecule has 1 spiro atoms. The van der Waals surface area contributed by atoms with E-state index >= 15 is 0 Å². The normalized spacial score (nSPS) is 23.7. The van der Waals surface area contributed by atoms with E-state index in [1.807, 2.05) is 0 Å². The number of hydrogen-bond donors (Lipinski definition) is 2. The van der Waals surface area contributed by atoms with Gasteiger partial charge in [0.15, 0.2) is 0 Å². The average molecular weight is 409 g/mol. The van der Waals surface area contributed by atoms with Crippen LogP contribution >= 0.6 is 0 Å². The molecule has 3 heterocycles. The molecular weight excluding hydrogens is 382 g/mol. The van der Waals surface area contributed by atoms with Crippen LogP contribution < -0.4 is 5.32 Å². The van der Waals surface area contributed by atoms with E-state index < -0.39 is 35.3 Å². The van der Waals surface area contributed by atoms with Crippen molar-refractivity contribution in [1.29, 1.82) is 0 Å². The summed E-state index contributed by atoms with van der Waals surface area (Å²) >= 11 is 0. The number of aliphatic hydroxyl groups is 1. The minimum absolute atomic E-state index is 0.179. The zero-order valence-corrected chi connectivity index (χ0v) is 17.0. The fourth-order valence-electron chi connectivity index (χ4n) is 3.79. The smallest absolute Gasteiger partial charge is 0.408 e. The van der Waals surface area contributed by atoms with Gasteiger partial charge in [-0.05, 0) is 40.5 Å². The molecule has 0 bridgehead atoms. The van der Waals surface area contributed by atoms with Gasteiger partial charge < -0.3 is 29.4 Å². The zero-order valence-electron chi connectivity index (χ0n) is 17.0. The molecule has 0 saturated carbocycles. The Bertz CT molecular complexity index is 774. The third kappa shape index (κ3) is 4.19. The number of amides is 3. The lowest BCUT2D eigenvalue weighted by Gasteiger charge is -2.51. The average Bonchev–Trinajstić information content (AvgIpc) is 3.27. The molecule has 0 aliphatic carbocycles. The van der Waals surface area contributed by atoms with Crippen molar-refractivity contribution in [2.75, 3.05) is 13.1 Å². The van der Waals surface area contributed by atoms with Crippen molar-refractivity contribution in [1.82, 2.24) is 25.3 Å². The second-order valence-corrected chi connectivity index (χ2v) is 8.48. The summed E-state index contributed by atoms with van der Waals surface area (Å²) in [4.78, 5) is 41.2. The summed E-state index contributed by atoms with van der Waals surface area (Å²) in [6.45, 7) is 7.40. The Balaban J connectivity index is 1.69. The van der Waals surface area contributed by atoms with Crippen LogP contribution in [0.2, 0.25) is 0 Å². The summed E-state index contributed by atoms with van der Waals surface area (Å²) in [6.07, 6.45) is 0.415. The highest BCUT2D eigenvalue weighted by Gasteiger charge is 2.60. The van der Waals surface area contributed by atoms with Gasteiger partial charge in [0.05, 0.1) is 19.2 Å². The summed E-state index contributed by atoms with van der Waals surface area (Å²) in [6, 6.07) is -1.21. The lowest BCUT2D eigenvalue weighted by atomic mass is 9.85. The first-order chi connectivity index (χ1) is 13.5. The lowest BCUT2D eigenvalue weighted by molar-refractivity contribution is -0.170. The topological polar surface area (TPSA) is 138 Å². The van der Waals surface area contributed by atoms with E-state index in [-0.39, 0.29) is 12.5 Å². The van der Waals surface area contributed by atoms with Crippen LogP contribution in [-0.4, -0.2) is 79.4 Å². The van der Waals surface area contributed by atoms with E-state index in [1.165, 1.54) is 23.1 Å². The first-order valence-corrected chi connectivity index (χ1v) is 9.57. The van der Waals surface area contributed by atoms with Gasteiger partial charge in [-0.25, -0.2) is 4.79 Å². The monoisotopic (exact) mass is 409 g/mol. The number of hydrogen-bond acceptors (Lipinski definition) is 8. The summed E-state index contributed by atoms with van der Waals surface area (Å²) in [5.41, 5.74) is -1.70. The molecule has 2 aliphatic heterocycles. The molecule has 1 unspecified atom stereocenters. The Hall–Kier alpha value is -2.69. The third-order valence-electron chi connectivity index (χ3n) is 5.04. The van der Waals surface area contributed by atoms with Crippen molar-refractivity contribution in [3.05, 3.63) is 12.3 Å². The van der Waals surface area contributed by atoms with Gasteiger partial charge in [-0.3, -0.25) is 9.59 Å². The largest absolute Gasteiger partial charge is 0.444 e. The van der Waals surface area contributed by atoms with Gasteiger partial charge in [-0.1, -0.05) is 0 Å². The summed E-state index contributed by atoms with van der Waals surface area (Å²) in [7, 11) is 0. The van der Waals surface area contributed by atoms with Crippen molar-refractivity contribution in [3.63, 3.8) is 0 Å². The maximum atomic E-state index is 13.1. The van der Waals surface area contributed by atoms with Crippen LogP contribution in [0.5, 0.6) is 0 Å². The van der Waals surface area contributed by atoms with Crippen LogP contribution in [-0.2, 0) is 20.9 Å². The van der Waals surface area contributed by atoms with Gasteiger partial charge in [0, 0.05) is 6.54 Å². The molecule has 2 aliphatic rings. The van der Waals surface area contributed by atoms with Crippen LogP contribution in [0.3, 0.4) is 0 Å². The number of ether oxygens (including phenoxy) is 1. The number of β-lactam (4-membered cyclic amide) rings is 1. The summed E-state index contributed by atoms with van der Waals surface area (Å²) in [5.74, 6) is -0.394. The predicted octanol–water partition coefficient (Wildman–Crippen LogP) is 0.0471. The van der Waals surface area contributed by atoms with Gasteiger partial charge in [0.1, 0.15) is 17.2 Å². The van der Waals surface area contributed by atoms with Crippen LogP contribution in [0.25, 0.3) is 0 Å². The number of rotatable bonds is 5. The van der Waals surface area contributed by atoms with Crippen LogP contribution in [0, 0.1) is 0 Å². The van der Waals surface area contributed by atoms with Crippen molar-refractivity contribution in [2.24, 2.45) is 0 Å². The molecule has 11 nitrogen and oxygen atoms in total. The van der Waals surface area contributed by atoms with E-state index in [0.29, 0.717) is 31.8 Å². The Kier molecular flexibility index (Phi) is 5.52. The van der Waals surface area contributed by atoms with E-state index in [1.54, 1.807) is 20.8 Å². The molecule has 0 radical (unpaired) electrons. The molecule has 3 rings (SSSR count). The van der Waals surface area contributed by atoms with Crippen molar-refractivity contribution in [3.8, 4) is 0 Å². The lowest BCUT2D eigenvalue weighted by Crippen LogP contribution is -2.74. The first-order valence-electron chi connectivity index (χ1n) is 9.57. The molecule has 3 amide bonds. The molecule has 1 aromatic rings. The van der Waals surface area contributed by atoms with Crippen molar-refractivity contribution in [2.45, 2.75) is 70.4 Å². The quantitative estimate of drug-likeness (QED) is 0.651. The molecule has 11 heteroatoms. The number of aliphatic hydroxyl groups excluding tert-OH is 1. The van der Waals surface area contributed by atoms with Crippen LogP contribution in [0.1, 0.15) is 46.4 Å². The Morgan fingerprint density at radius 1 is 1.45 bits per heavy atom. The highest BCUT2D eigenvalue weighted by atomic mass is 16.6. The Labute approximate surface area is 168 Å². The fourth-order valence-corrected chi connectivity index (χ4v) is 3.79. The number of aromatic nitrogens is 2. The number of nitrogens with one attached hydrogen (secondary N) is 1. The fraction of sp³-hybridized carbons (Fsp3) is 0.722. The standard InChI is InChI=1S/C18H27N5O6/c1-11(24)13(20-16(27)29-17(2,3)4)14(25)23-7-5-6-18(23)9-22(15(18)26)8-12-21-19-10-28-12/h10-11,13,24H,5-9H2,1-4H3,(H,20,27)/t11-,13+,18?/m1/s1. The van der Waals surface area contributed by atoms with Gasteiger partial charge in [0.25, 0.3) is 5.91 Å². The predicted molar refractivity (Wildman–Crippen MR) is 98.2 cm³/mol. The van der Waals surface area contributed by atoms with E-state index in [9.17, 15) is 19.5 Å². The molecule has 2 N–H and O–H groups in total. The van der Waals surface area contributed by atoms with E-state index in [0.717, 1.165) is 0 Å². The first kappa shape index (κ1) is 21.0. The van der Waals surface area contributed by atoms with E-state index in [4.69, 9.17) is 9.15 Å².